The number of methoxy groups -OCH3 is 1. The fourth-order valence-electron chi connectivity index (χ4n) is 1.54. The topological polar surface area (TPSA) is 72.6 Å². The van der Waals surface area contributed by atoms with Crippen molar-refractivity contribution in [2.24, 2.45) is 0 Å². The van der Waals surface area contributed by atoms with Crippen LogP contribution in [0, 0.1) is 0 Å². The number of rotatable bonds is 4. The molecule has 0 unspecified atom stereocenters. The number of aromatic nitrogens is 1. The van der Waals surface area contributed by atoms with Crippen molar-refractivity contribution < 1.29 is 19.1 Å². The second kappa shape index (κ2) is 4.69. The number of carboxylic acids is 1. The lowest BCUT2D eigenvalue weighted by atomic mass is 10.1. The van der Waals surface area contributed by atoms with Crippen molar-refractivity contribution in [1.29, 1.82) is 0 Å². The summed E-state index contributed by atoms with van der Waals surface area (Å²) < 4.78 is 10.2. The average molecular weight is 233 g/mol. The van der Waals surface area contributed by atoms with Crippen LogP contribution in [-0.2, 0) is 6.42 Å². The third-order valence-corrected chi connectivity index (χ3v) is 2.34. The first-order chi connectivity index (χ1) is 8.20. The fraction of sp³-hybridized carbons (Fsp3) is 0.167. The molecule has 2 rings (SSSR count). The van der Waals surface area contributed by atoms with E-state index in [9.17, 15) is 4.79 Å². The second-order valence-corrected chi connectivity index (χ2v) is 3.46. The van der Waals surface area contributed by atoms with Gasteiger partial charge in [-0.1, -0.05) is 12.1 Å². The van der Waals surface area contributed by atoms with Crippen LogP contribution in [0.5, 0.6) is 5.75 Å². The van der Waals surface area contributed by atoms with Gasteiger partial charge in [-0.2, -0.15) is 0 Å². The Bertz CT molecular complexity index is 533. The van der Waals surface area contributed by atoms with Crippen molar-refractivity contribution in [3.63, 3.8) is 0 Å². The van der Waals surface area contributed by atoms with E-state index in [0.717, 1.165) is 17.7 Å². The molecule has 88 valence electrons. The van der Waals surface area contributed by atoms with Gasteiger partial charge in [0.1, 0.15) is 11.5 Å². The molecular weight excluding hydrogens is 222 g/mol. The Hall–Kier alpha value is -2.30. The molecule has 1 N–H and O–H groups in total. The molecule has 0 saturated carbocycles. The van der Waals surface area contributed by atoms with Gasteiger partial charge in [-0.3, -0.25) is 0 Å². The van der Waals surface area contributed by atoms with Gasteiger partial charge < -0.3 is 14.3 Å². The molecule has 5 nitrogen and oxygen atoms in total. The number of ether oxygens (including phenoxy) is 1. The summed E-state index contributed by atoms with van der Waals surface area (Å²) in [5.41, 5.74) is 0.858. The molecule has 0 amide bonds. The van der Waals surface area contributed by atoms with Crippen molar-refractivity contribution in [3.8, 4) is 5.75 Å². The van der Waals surface area contributed by atoms with E-state index >= 15 is 0 Å². The highest BCUT2D eigenvalue weighted by Crippen LogP contribution is 2.17. The highest BCUT2D eigenvalue weighted by molar-refractivity contribution is 5.86. The molecule has 0 radical (unpaired) electrons. The van der Waals surface area contributed by atoms with Gasteiger partial charge in [0.15, 0.2) is 12.1 Å². The molecular formula is C12H11NO4. The molecule has 0 aliphatic rings. The van der Waals surface area contributed by atoms with Gasteiger partial charge >= 0.3 is 5.97 Å². The van der Waals surface area contributed by atoms with E-state index in [1.54, 1.807) is 7.11 Å². The number of hydrogen-bond acceptors (Lipinski definition) is 4. The summed E-state index contributed by atoms with van der Waals surface area (Å²) in [6, 6.07) is 7.36. The molecule has 0 bridgehead atoms. The Morgan fingerprint density at radius 2 is 2.35 bits per heavy atom. The molecule has 0 aliphatic carbocycles. The van der Waals surface area contributed by atoms with Crippen LogP contribution in [0.25, 0.3) is 0 Å². The first-order valence-corrected chi connectivity index (χ1v) is 4.99. The van der Waals surface area contributed by atoms with Gasteiger partial charge in [0.05, 0.1) is 7.11 Å². The molecule has 1 heterocycles. The zero-order valence-electron chi connectivity index (χ0n) is 9.21. The zero-order chi connectivity index (χ0) is 12.3. The quantitative estimate of drug-likeness (QED) is 0.874. The summed E-state index contributed by atoms with van der Waals surface area (Å²) in [4.78, 5) is 14.5. The summed E-state index contributed by atoms with van der Waals surface area (Å²) in [5.74, 6) is -0.0266. The SMILES string of the molecule is COc1cccc(Cc2ocnc2C(=O)O)c1. The predicted molar refractivity (Wildman–Crippen MR) is 59.3 cm³/mol. The summed E-state index contributed by atoms with van der Waals surface area (Å²) in [5, 5.41) is 8.89. The highest BCUT2D eigenvalue weighted by atomic mass is 16.5. The van der Waals surface area contributed by atoms with Crippen molar-refractivity contribution >= 4 is 5.97 Å². The summed E-state index contributed by atoms with van der Waals surface area (Å²) in [6.45, 7) is 0. The molecule has 17 heavy (non-hydrogen) atoms. The zero-order valence-corrected chi connectivity index (χ0v) is 9.21. The lowest BCUT2D eigenvalue weighted by Gasteiger charge is -2.02. The third-order valence-electron chi connectivity index (χ3n) is 2.34. The lowest BCUT2D eigenvalue weighted by Crippen LogP contribution is -2.01. The standard InChI is InChI=1S/C12H11NO4/c1-16-9-4-2-3-8(5-9)6-10-11(12(14)15)13-7-17-10/h2-5,7H,6H2,1H3,(H,14,15). The molecule has 0 saturated heterocycles. The monoisotopic (exact) mass is 233 g/mol. The number of aromatic carboxylic acids is 1. The van der Waals surface area contributed by atoms with Crippen LogP contribution in [-0.4, -0.2) is 23.2 Å². The van der Waals surface area contributed by atoms with Crippen LogP contribution >= 0.6 is 0 Å². The summed E-state index contributed by atoms with van der Waals surface area (Å²) in [7, 11) is 1.58. The normalized spacial score (nSPS) is 10.2. The Morgan fingerprint density at radius 3 is 3.06 bits per heavy atom. The fourth-order valence-corrected chi connectivity index (χ4v) is 1.54. The van der Waals surface area contributed by atoms with Crippen LogP contribution in [0.4, 0.5) is 0 Å². The molecule has 1 aromatic carbocycles. The first kappa shape index (κ1) is 11.2. The highest BCUT2D eigenvalue weighted by Gasteiger charge is 2.15. The van der Waals surface area contributed by atoms with Gasteiger partial charge in [0, 0.05) is 6.42 Å². The maximum absolute atomic E-state index is 10.8. The maximum atomic E-state index is 10.8. The molecule has 0 fully saturated rings. The molecule has 2 aromatic rings. The van der Waals surface area contributed by atoms with Crippen molar-refractivity contribution in [1.82, 2.24) is 4.98 Å². The summed E-state index contributed by atoms with van der Waals surface area (Å²) >= 11 is 0. The number of oxazole rings is 1. The van der Waals surface area contributed by atoms with Crippen LogP contribution < -0.4 is 4.74 Å². The number of hydrogen-bond donors (Lipinski definition) is 1. The van der Waals surface area contributed by atoms with Crippen LogP contribution in [0.2, 0.25) is 0 Å². The predicted octanol–water partition coefficient (Wildman–Crippen LogP) is 1.97. The Kier molecular flexibility index (Phi) is 3.09. The van der Waals surface area contributed by atoms with Crippen molar-refractivity contribution in [2.45, 2.75) is 6.42 Å². The number of carbonyl (C=O) groups is 1. The largest absolute Gasteiger partial charge is 0.497 e. The van der Waals surface area contributed by atoms with E-state index < -0.39 is 5.97 Å². The van der Waals surface area contributed by atoms with E-state index in [4.69, 9.17) is 14.3 Å². The summed E-state index contributed by atoms with van der Waals surface area (Å²) in [6.07, 6.45) is 1.51. The maximum Gasteiger partial charge on any atom is 0.358 e. The van der Waals surface area contributed by atoms with Crippen LogP contribution in [0.3, 0.4) is 0 Å². The smallest absolute Gasteiger partial charge is 0.358 e. The van der Waals surface area contributed by atoms with E-state index in [0.29, 0.717) is 12.2 Å². The number of benzene rings is 1. The van der Waals surface area contributed by atoms with E-state index in [-0.39, 0.29) is 5.69 Å². The number of nitrogens with zero attached hydrogens (tertiary/aromatic N) is 1. The number of carboxylic acid groups (broad SMARTS) is 1. The van der Waals surface area contributed by atoms with Gasteiger partial charge in [0.25, 0.3) is 0 Å². The van der Waals surface area contributed by atoms with Gasteiger partial charge in [-0.05, 0) is 17.7 Å². The van der Waals surface area contributed by atoms with Crippen LogP contribution in [0.1, 0.15) is 21.8 Å². The molecule has 0 aliphatic heterocycles. The van der Waals surface area contributed by atoms with E-state index in [2.05, 4.69) is 4.98 Å². The van der Waals surface area contributed by atoms with Crippen molar-refractivity contribution in [3.05, 3.63) is 47.7 Å². The minimum atomic E-state index is -1.09. The first-order valence-electron chi connectivity index (χ1n) is 4.99. The molecule has 5 heteroatoms. The molecule has 0 atom stereocenters. The van der Waals surface area contributed by atoms with Gasteiger partial charge in [-0.15, -0.1) is 0 Å². The minimum Gasteiger partial charge on any atom is -0.497 e. The third kappa shape index (κ3) is 2.44. The van der Waals surface area contributed by atoms with Gasteiger partial charge in [0.2, 0.25) is 0 Å². The Labute approximate surface area is 97.7 Å². The molecule has 1 aromatic heterocycles. The Balaban J connectivity index is 2.25. The minimum absolute atomic E-state index is 0.0483. The Morgan fingerprint density at radius 1 is 1.53 bits per heavy atom. The molecule has 0 spiro atoms. The van der Waals surface area contributed by atoms with Crippen molar-refractivity contribution in [2.75, 3.05) is 7.11 Å². The lowest BCUT2D eigenvalue weighted by molar-refractivity contribution is 0.0689. The van der Waals surface area contributed by atoms with E-state index in [1.165, 1.54) is 0 Å². The van der Waals surface area contributed by atoms with E-state index in [1.807, 2.05) is 24.3 Å². The van der Waals surface area contributed by atoms with Crippen LogP contribution in [0.15, 0.2) is 35.1 Å². The van der Waals surface area contributed by atoms with Gasteiger partial charge in [-0.25, -0.2) is 9.78 Å². The average Bonchev–Trinajstić information content (AvgIpc) is 2.77. The second-order valence-electron chi connectivity index (χ2n) is 3.46.